The highest BCUT2D eigenvalue weighted by molar-refractivity contribution is 14.1. The molecule has 0 saturated heterocycles. The van der Waals surface area contributed by atoms with Crippen LogP contribution in [-0.4, -0.2) is 17.5 Å². The SMILES string of the molecule is CC(=CCl)CNCCCI. The quantitative estimate of drug-likeness (QED) is 0.461. The lowest BCUT2D eigenvalue weighted by Gasteiger charge is -2.01. The molecular weight excluding hydrogens is 260 g/mol. The van der Waals surface area contributed by atoms with Crippen LogP contribution in [-0.2, 0) is 0 Å². The van der Waals surface area contributed by atoms with Crippen molar-refractivity contribution >= 4 is 34.2 Å². The van der Waals surface area contributed by atoms with E-state index < -0.39 is 0 Å². The van der Waals surface area contributed by atoms with E-state index in [1.54, 1.807) is 5.54 Å². The predicted molar refractivity (Wildman–Crippen MR) is 56.0 cm³/mol. The van der Waals surface area contributed by atoms with Crippen molar-refractivity contribution in [2.24, 2.45) is 0 Å². The molecule has 0 saturated carbocycles. The standard InChI is InChI=1S/C7H13ClIN/c1-7(5-8)6-10-4-2-3-9/h5,10H,2-4,6H2,1H3. The van der Waals surface area contributed by atoms with E-state index in [-0.39, 0.29) is 0 Å². The summed E-state index contributed by atoms with van der Waals surface area (Å²) in [4.78, 5) is 0. The summed E-state index contributed by atoms with van der Waals surface area (Å²) >= 11 is 7.83. The molecule has 1 N–H and O–H groups in total. The lowest BCUT2D eigenvalue weighted by Crippen LogP contribution is -2.17. The molecule has 0 amide bonds. The molecule has 0 aromatic heterocycles. The summed E-state index contributed by atoms with van der Waals surface area (Å²) in [5.41, 5.74) is 2.81. The van der Waals surface area contributed by atoms with E-state index in [0.29, 0.717) is 0 Å². The molecule has 0 bridgehead atoms. The third-order valence-electron chi connectivity index (χ3n) is 1.08. The van der Waals surface area contributed by atoms with Gasteiger partial charge in [-0.15, -0.1) is 0 Å². The minimum Gasteiger partial charge on any atom is -0.313 e. The Kier molecular flexibility index (Phi) is 8.39. The molecule has 0 aliphatic heterocycles. The van der Waals surface area contributed by atoms with Gasteiger partial charge in [0.15, 0.2) is 0 Å². The molecule has 0 spiro atoms. The molecule has 0 aromatic rings. The third-order valence-corrected chi connectivity index (χ3v) is 2.21. The van der Waals surface area contributed by atoms with Crippen molar-refractivity contribution in [1.29, 1.82) is 0 Å². The van der Waals surface area contributed by atoms with E-state index in [1.165, 1.54) is 16.4 Å². The summed E-state index contributed by atoms with van der Waals surface area (Å²) in [6.07, 6.45) is 1.23. The summed E-state index contributed by atoms with van der Waals surface area (Å²) in [6.45, 7) is 4.02. The van der Waals surface area contributed by atoms with Crippen LogP contribution >= 0.6 is 34.2 Å². The third kappa shape index (κ3) is 6.83. The van der Waals surface area contributed by atoms with E-state index in [9.17, 15) is 0 Å². The van der Waals surface area contributed by atoms with E-state index in [0.717, 1.165) is 13.1 Å². The van der Waals surface area contributed by atoms with Gasteiger partial charge in [0.1, 0.15) is 0 Å². The normalized spacial score (nSPS) is 12.1. The van der Waals surface area contributed by atoms with Gasteiger partial charge in [0.05, 0.1) is 0 Å². The van der Waals surface area contributed by atoms with Crippen molar-refractivity contribution in [2.45, 2.75) is 13.3 Å². The Morgan fingerprint density at radius 3 is 2.90 bits per heavy atom. The Labute approximate surface area is 81.4 Å². The zero-order valence-electron chi connectivity index (χ0n) is 6.16. The van der Waals surface area contributed by atoms with Crippen molar-refractivity contribution in [1.82, 2.24) is 5.32 Å². The first-order chi connectivity index (χ1) is 4.81. The molecule has 0 aliphatic carbocycles. The number of hydrogen-bond acceptors (Lipinski definition) is 1. The minimum absolute atomic E-state index is 0.917. The first-order valence-corrected chi connectivity index (χ1v) is 5.30. The fourth-order valence-corrected chi connectivity index (χ4v) is 0.974. The van der Waals surface area contributed by atoms with E-state index >= 15 is 0 Å². The summed E-state index contributed by atoms with van der Waals surface area (Å²) in [5.74, 6) is 0. The van der Waals surface area contributed by atoms with Gasteiger partial charge in [0.25, 0.3) is 0 Å². The highest BCUT2D eigenvalue weighted by Crippen LogP contribution is 1.92. The highest BCUT2D eigenvalue weighted by Gasteiger charge is 1.87. The van der Waals surface area contributed by atoms with E-state index in [1.807, 2.05) is 6.92 Å². The van der Waals surface area contributed by atoms with Gasteiger partial charge >= 0.3 is 0 Å². The summed E-state index contributed by atoms with van der Waals surface area (Å²) in [6, 6.07) is 0. The van der Waals surface area contributed by atoms with Gasteiger partial charge in [-0.3, -0.25) is 0 Å². The second kappa shape index (κ2) is 7.82. The van der Waals surface area contributed by atoms with Crippen LogP contribution in [0.2, 0.25) is 0 Å². The maximum Gasteiger partial charge on any atom is 0.0173 e. The number of nitrogens with one attached hydrogen (secondary N) is 1. The number of halogens is 2. The zero-order chi connectivity index (χ0) is 7.82. The average Bonchev–Trinajstić information content (AvgIpc) is 1.98. The van der Waals surface area contributed by atoms with Gasteiger partial charge in [-0.05, 0) is 25.5 Å². The molecule has 0 aliphatic rings. The second-order valence-electron chi connectivity index (χ2n) is 2.17. The summed E-state index contributed by atoms with van der Waals surface area (Å²) in [5, 5.41) is 3.28. The van der Waals surface area contributed by atoms with Gasteiger partial charge in [-0.1, -0.05) is 34.2 Å². The van der Waals surface area contributed by atoms with Gasteiger partial charge in [0.2, 0.25) is 0 Å². The molecule has 0 radical (unpaired) electrons. The molecule has 10 heavy (non-hydrogen) atoms. The fraction of sp³-hybridized carbons (Fsp3) is 0.714. The average molecular weight is 274 g/mol. The zero-order valence-corrected chi connectivity index (χ0v) is 9.08. The van der Waals surface area contributed by atoms with Gasteiger partial charge in [0, 0.05) is 16.5 Å². The van der Waals surface area contributed by atoms with Crippen LogP contribution in [0.25, 0.3) is 0 Å². The number of hydrogen-bond donors (Lipinski definition) is 1. The van der Waals surface area contributed by atoms with Crippen molar-refractivity contribution in [3.8, 4) is 0 Å². The van der Waals surface area contributed by atoms with Crippen LogP contribution in [0.5, 0.6) is 0 Å². The van der Waals surface area contributed by atoms with Crippen molar-refractivity contribution < 1.29 is 0 Å². The van der Waals surface area contributed by atoms with E-state index in [2.05, 4.69) is 27.9 Å². The molecule has 0 atom stereocenters. The van der Waals surface area contributed by atoms with Crippen LogP contribution < -0.4 is 5.32 Å². The monoisotopic (exact) mass is 273 g/mol. The van der Waals surface area contributed by atoms with Gasteiger partial charge in [-0.25, -0.2) is 0 Å². The van der Waals surface area contributed by atoms with Crippen LogP contribution in [0, 0.1) is 0 Å². The smallest absolute Gasteiger partial charge is 0.0173 e. The van der Waals surface area contributed by atoms with E-state index in [4.69, 9.17) is 11.6 Å². The molecular formula is C7H13ClIN. The molecule has 0 aromatic carbocycles. The molecule has 1 nitrogen and oxygen atoms in total. The second-order valence-corrected chi connectivity index (χ2v) is 3.47. The molecule has 60 valence electrons. The van der Waals surface area contributed by atoms with Crippen LogP contribution in [0.3, 0.4) is 0 Å². The first-order valence-electron chi connectivity index (χ1n) is 3.33. The largest absolute Gasteiger partial charge is 0.313 e. The Bertz CT molecular complexity index is 104. The predicted octanol–water partition coefficient (Wildman–Crippen LogP) is 2.54. The number of alkyl halides is 1. The maximum absolute atomic E-state index is 5.46. The lowest BCUT2D eigenvalue weighted by atomic mass is 10.3. The molecule has 0 rings (SSSR count). The van der Waals surface area contributed by atoms with Crippen molar-refractivity contribution in [3.63, 3.8) is 0 Å². The molecule has 0 fully saturated rings. The van der Waals surface area contributed by atoms with Crippen molar-refractivity contribution in [3.05, 3.63) is 11.1 Å². The summed E-state index contributed by atoms with van der Waals surface area (Å²) < 4.78 is 1.22. The molecule has 3 heteroatoms. The number of rotatable bonds is 5. The Morgan fingerprint density at radius 2 is 2.40 bits per heavy atom. The Morgan fingerprint density at radius 1 is 1.70 bits per heavy atom. The van der Waals surface area contributed by atoms with Crippen LogP contribution in [0.1, 0.15) is 13.3 Å². The Hall–Kier alpha value is 0.720. The van der Waals surface area contributed by atoms with Crippen LogP contribution in [0.15, 0.2) is 11.1 Å². The molecule has 0 heterocycles. The fourth-order valence-electron chi connectivity index (χ4n) is 0.516. The minimum atomic E-state index is 0.917. The maximum atomic E-state index is 5.46. The topological polar surface area (TPSA) is 12.0 Å². The van der Waals surface area contributed by atoms with Crippen molar-refractivity contribution in [2.75, 3.05) is 17.5 Å². The highest BCUT2D eigenvalue weighted by atomic mass is 127. The lowest BCUT2D eigenvalue weighted by molar-refractivity contribution is 0.722. The first kappa shape index (κ1) is 10.7. The summed E-state index contributed by atoms with van der Waals surface area (Å²) in [7, 11) is 0. The Balaban J connectivity index is 3.04. The van der Waals surface area contributed by atoms with Gasteiger partial charge < -0.3 is 5.32 Å². The van der Waals surface area contributed by atoms with Gasteiger partial charge in [-0.2, -0.15) is 0 Å². The van der Waals surface area contributed by atoms with Crippen LogP contribution in [0.4, 0.5) is 0 Å². The molecule has 0 unspecified atom stereocenters.